The van der Waals surface area contributed by atoms with Crippen molar-refractivity contribution in [2.75, 3.05) is 13.1 Å². The lowest BCUT2D eigenvalue weighted by Crippen LogP contribution is -2.53. The zero-order valence-electron chi connectivity index (χ0n) is 24.6. The van der Waals surface area contributed by atoms with Crippen LogP contribution in [0.15, 0.2) is 42.5 Å². The van der Waals surface area contributed by atoms with E-state index >= 15 is 0 Å². The van der Waals surface area contributed by atoms with Gasteiger partial charge in [0.2, 0.25) is 11.8 Å². The molecule has 2 fully saturated rings. The van der Waals surface area contributed by atoms with E-state index in [-0.39, 0.29) is 30.6 Å². The molecule has 0 aromatic heterocycles. The Hall–Kier alpha value is -2.44. The summed E-state index contributed by atoms with van der Waals surface area (Å²) < 4.78 is 0. The van der Waals surface area contributed by atoms with Crippen LogP contribution in [0.2, 0.25) is 0 Å². The highest BCUT2D eigenvalue weighted by molar-refractivity contribution is 5.86. The van der Waals surface area contributed by atoms with E-state index in [1.807, 2.05) is 36.9 Å². The van der Waals surface area contributed by atoms with Crippen LogP contribution in [0.5, 0.6) is 0 Å². The Morgan fingerprint density at radius 2 is 1.65 bits per heavy atom. The monoisotopic (exact) mass is 550 g/mol. The molecule has 2 aliphatic rings. The third-order valence-electron chi connectivity index (χ3n) is 8.84. The lowest BCUT2D eigenvalue weighted by molar-refractivity contribution is -0.141. The molecule has 6 heteroatoms. The van der Waals surface area contributed by atoms with Crippen molar-refractivity contribution in [2.45, 2.75) is 109 Å². The molecule has 0 unspecified atom stereocenters. The highest BCUT2D eigenvalue weighted by Crippen LogP contribution is 2.35. The zero-order valence-corrected chi connectivity index (χ0v) is 24.6. The summed E-state index contributed by atoms with van der Waals surface area (Å²) in [4.78, 5) is 28.2. The van der Waals surface area contributed by atoms with Crippen molar-refractivity contribution in [1.29, 1.82) is 0 Å². The molecule has 0 radical (unpaired) electrons. The Balaban J connectivity index is 1.35. The SMILES string of the molecule is CC(C)C[C@H](O)[C@H](O)[C@H](CC1CCCCC1)N(CC1CC1)C(=O)CCC(=O)NCCc1cccc2ccccc12. The largest absolute Gasteiger partial charge is 0.390 e. The van der Waals surface area contributed by atoms with Gasteiger partial charge in [-0.2, -0.15) is 0 Å². The van der Waals surface area contributed by atoms with E-state index in [4.69, 9.17) is 0 Å². The topological polar surface area (TPSA) is 89.9 Å². The molecule has 6 nitrogen and oxygen atoms in total. The molecule has 40 heavy (non-hydrogen) atoms. The number of hydrogen-bond acceptors (Lipinski definition) is 4. The fourth-order valence-electron chi connectivity index (χ4n) is 6.39. The van der Waals surface area contributed by atoms with Crippen molar-refractivity contribution in [3.63, 3.8) is 0 Å². The van der Waals surface area contributed by atoms with Crippen LogP contribution in [0.25, 0.3) is 10.8 Å². The first kappa shape index (κ1) is 30.5. The number of rotatable bonds is 15. The minimum Gasteiger partial charge on any atom is -0.390 e. The molecule has 2 aromatic rings. The van der Waals surface area contributed by atoms with Gasteiger partial charge in [-0.05, 0) is 66.2 Å². The number of nitrogens with zero attached hydrogens (tertiary/aromatic N) is 1. The van der Waals surface area contributed by atoms with E-state index in [9.17, 15) is 19.8 Å². The van der Waals surface area contributed by atoms with Gasteiger partial charge in [-0.3, -0.25) is 9.59 Å². The number of carbonyl (C=O) groups excluding carboxylic acids is 2. The van der Waals surface area contributed by atoms with Gasteiger partial charge < -0.3 is 20.4 Å². The number of carbonyl (C=O) groups is 2. The number of aliphatic hydroxyl groups is 2. The summed E-state index contributed by atoms with van der Waals surface area (Å²) in [5.74, 6) is 0.982. The lowest BCUT2D eigenvalue weighted by Gasteiger charge is -2.40. The molecule has 0 saturated heterocycles. The second-order valence-corrected chi connectivity index (χ2v) is 12.7. The van der Waals surface area contributed by atoms with Crippen molar-refractivity contribution >= 4 is 22.6 Å². The van der Waals surface area contributed by atoms with Gasteiger partial charge in [0.05, 0.1) is 12.1 Å². The van der Waals surface area contributed by atoms with E-state index < -0.39 is 18.2 Å². The lowest BCUT2D eigenvalue weighted by atomic mass is 9.81. The Kier molecular flexibility index (Phi) is 11.4. The molecule has 2 aromatic carbocycles. The molecular formula is C34H50N2O4. The molecule has 0 heterocycles. The first-order valence-corrected chi connectivity index (χ1v) is 15.7. The fourth-order valence-corrected chi connectivity index (χ4v) is 6.39. The minimum absolute atomic E-state index is 0.0762. The van der Waals surface area contributed by atoms with Crippen molar-refractivity contribution in [2.24, 2.45) is 17.8 Å². The van der Waals surface area contributed by atoms with Crippen LogP contribution in [-0.4, -0.2) is 58.3 Å². The molecule has 0 spiro atoms. The number of hydrogen-bond donors (Lipinski definition) is 3. The average Bonchev–Trinajstić information content (AvgIpc) is 3.78. The van der Waals surface area contributed by atoms with E-state index in [1.165, 1.54) is 35.6 Å². The second kappa shape index (κ2) is 15.0. The first-order valence-electron chi connectivity index (χ1n) is 15.7. The first-order chi connectivity index (χ1) is 19.3. The molecule has 3 atom stereocenters. The highest BCUT2D eigenvalue weighted by Gasteiger charge is 2.38. The summed E-state index contributed by atoms with van der Waals surface area (Å²) in [7, 11) is 0. The van der Waals surface area contributed by atoms with E-state index in [0.29, 0.717) is 31.3 Å². The minimum atomic E-state index is -0.971. The van der Waals surface area contributed by atoms with Crippen LogP contribution in [0.4, 0.5) is 0 Å². The Morgan fingerprint density at radius 3 is 2.38 bits per heavy atom. The Labute approximate surface area is 240 Å². The molecule has 3 N–H and O–H groups in total. The van der Waals surface area contributed by atoms with Gasteiger partial charge >= 0.3 is 0 Å². The van der Waals surface area contributed by atoms with E-state index in [2.05, 4.69) is 29.6 Å². The summed E-state index contributed by atoms with van der Waals surface area (Å²) in [6, 6.07) is 14.1. The number of nitrogens with one attached hydrogen (secondary N) is 1. The van der Waals surface area contributed by atoms with Crippen molar-refractivity contribution in [3.05, 3.63) is 48.0 Å². The molecule has 2 saturated carbocycles. The van der Waals surface area contributed by atoms with Crippen molar-refractivity contribution in [1.82, 2.24) is 10.2 Å². The summed E-state index contributed by atoms with van der Waals surface area (Å²) in [5, 5.41) is 27.6. The highest BCUT2D eigenvalue weighted by atomic mass is 16.3. The number of benzene rings is 2. The fraction of sp³-hybridized carbons (Fsp3) is 0.647. The summed E-state index contributed by atoms with van der Waals surface area (Å²) in [6.45, 7) is 5.22. The van der Waals surface area contributed by atoms with Gasteiger partial charge in [0.15, 0.2) is 0 Å². The zero-order chi connectivity index (χ0) is 28.5. The van der Waals surface area contributed by atoms with E-state index in [0.717, 1.165) is 38.5 Å². The van der Waals surface area contributed by atoms with Crippen LogP contribution in [-0.2, 0) is 16.0 Å². The predicted octanol–water partition coefficient (Wildman–Crippen LogP) is 5.62. The van der Waals surface area contributed by atoms with Crippen LogP contribution in [0.1, 0.15) is 90.0 Å². The summed E-state index contributed by atoms with van der Waals surface area (Å²) in [6.07, 6.45) is 8.46. The van der Waals surface area contributed by atoms with Gasteiger partial charge in [-0.1, -0.05) is 88.4 Å². The molecular weight excluding hydrogens is 500 g/mol. The molecule has 0 bridgehead atoms. The predicted molar refractivity (Wildman–Crippen MR) is 161 cm³/mol. The smallest absolute Gasteiger partial charge is 0.223 e. The average molecular weight is 551 g/mol. The van der Waals surface area contributed by atoms with Crippen LogP contribution in [0, 0.1) is 17.8 Å². The third-order valence-corrected chi connectivity index (χ3v) is 8.84. The summed E-state index contributed by atoms with van der Waals surface area (Å²) >= 11 is 0. The molecule has 220 valence electrons. The molecule has 0 aliphatic heterocycles. The Bertz CT molecular complexity index is 1090. The number of amides is 2. The van der Waals surface area contributed by atoms with Gasteiger partial charge in [0, 0.05) is 25.9 Å². The second-order valence-electron chi connectivity index (χ2n) is 12.7. The maximum absolute atomic E-state index is 13.6. The Morgan fingerprint density at radius 1 is 0.925 bits per heavy atom. The summed E-state index contributed by atoms with van der Waals surface area (Å²) in [5.41, 5.74) is 1.20. The van der Waals surface area contributed by atoms with Crippen molar-refractivity contribution in [3.8, 4) is 0 Å². The molecule has 4 rings (SSSR count). The van der Waals surface area contributed by atoms with E-state index in [1.54, 1.807) is 0 Å². The standard InChI is InChI=1S/C34H50N2O4/c1-24(2)21-31(37)34(40)30(22-25-9-4-3-5-10-25)36(23-26-15-16-26)33(39)18-17-32(38)35-20-19-28-13-8-12-27-11-6-7-14-29(27)28/h6-8,11-14,24-26,30-31,34,37,40H,3-5,9-10,15-23H2,1-2H3,(H,35,38)/t30-,31-,34+/m0/s1. The van der Waals surface area contributed by atoms with Gasteiger partial charge in [0.1, 0.15) is 6.10 Å². The van der Waals surface area contributed by atoms with Gasteiger partial charge in [-0.25, -0.2) is 0 Å². The van der Waals surface area contributed by atoms with Gasteiger partial charge in [0.25, 0.3) is 0 Å². The normalized spacial score (nSPS) is 18.4. The third kappa shape index (κ3) is 9.04. The molecule has 2 aliphatic carbocycles. The molecule has 2 amide bonds. The number of fused-ring (bicyclic) bond motifs is 1. The van der Waals surface area contributed by atoms with Gasteiger partial charge in [-0.15, -0.1) is 0 Å². The van der Waals surface area contributed by atoms with Crippen LogP contribution >= 0.6 is 0 Å². The van der Waals surface area contributed by atoms with Crippen molar-refractivity contribution < 1.29 is 19.8 Å². The van der Waals surface area contributed by atoms with Crippen LogP contribution < -0.4 is 5.32 Å². The maximum atomic E-state index is 13.6. The van der Waals surface area contributed by atoms with Crippen LogP contribution in [0.3, 0.4) is 0 Å². The number of aliphatic hydroxyl groups excluding tert-OH is 2. The quantitative estimate of drug-likeness (QED) is 0.268. The maximum Gasteiger partial charge on any atom is 0.223 e.